The molecule has 0 saturated carbocycles. The van der Waals surface area contributed by atoms with Crippen LogP contribution in [0.15, 0.2) is 12.1 Å². The molecule has 0 aliphatic rings. The van der Waals surface area contributed by atoms with E-state index in [4.69, 9.17) is 0 Å². The van der Waals surface area contributed by atoms with E-state index in [9.17, 15) is 5.11 Å². The number of aryl methyl sites for hydroxylation is 2. The van der Waals surface area contributed by atoms with Gasteiger partial charge in [-0.1, -0.05) is 98.5 Å². The zero-order valence-corrected chi connectivity index (χ0v) is 21.1. The molecule has 0 radical (unpaired) electrons. The highest BCUT2D eigenvalue weighted by atomic mass is 32.2. The monoisotopic (exact) mass is 420 g/mol. The molecule has 1 aromatic carbocycles. The van der Waals surface area contributed by atoms with E-state index in [0.29, 0.717) is 11.0 Å². The van der Waals surface area contributed by atoms with Gasteiger partial charge in [0.1, 0.15) is 5.75 Å². The summed E-state index contributed by atoms with van der Waals surface area (Å²) < 4.78 is 0. The minimum atomic E-state index is -0.0115. The summed E-state index contributed by atoms with van der Waals surface area (Å²) in [7, 11) is 0. The average molecular weight is 421 g/mol. The fourth-order valence-electron chi connectivity index (χ4n) is 3.92. The Kier molecular flexibility index (Phi) is 13.1. The van der Waals surface area contributed by atoms with Crippen molar-refractivity contribution in [3.63, 3.8) is 0 Å². The largest absolute Gasteiger partial charge is 0.508 e. The fourth-order valence-corrected chi connectivity index (χ4v) is 4.98. The molecular formula is C27H48OS. The maximum absolute atomic E-state index is 10.3. The summed E-state index contributed by atoms with van der Waals surface area (Å²) >= 11 is 2.14. The topological polar surface area (TPSA) is 20.2 Å². The van der Waals surface area contributed by atoms with Crippen LogP contribution in [0.5, 0.6) is 5.75 Å². The Morgan fingerprint density at radius 2 is 1.45 bits per heavy atom. The van der Waals surface area contributed by atoms with Crippen LogP contribution in [-0.4, -0.2) is 16.1 Å². The van der Waals surface area contributed by atoms with E-state index < -0.39 is 0 Å². The van der Waals surface area contributed by atoms with E-state index in [1.165, 1.54) is 87.5 Å². The van der Waals surface area contributed by atoms with Gasteiger partial charge in [0.25, 0.3) is 0 Å². The summed E-state index contributed by atoms with van der Waals surface area (Å²) in [5.41, 5.74) is 3.69. The van der Waals surface area contributed by atoms with Gasteiger partial charge >= 0.3 is 0 Å². The van der Waals surface area contributed by atoms with Gasteiger partial charge in [0, 0.05) is 5.25 Å². The molecule has 0 aliphatic heterocycles. The van der Waals surface area contributed by atoms with Crippen LogP contribution in [0.3, 0.4) is 0 Å². The molecule has 0 aliphatic carbocycles. The lowest BCUT2D eigenvalue weighted by molar-refractivity contribution is 0.445. The van der Waals surface area contributed by atoms with Crippen LogP contribution in [0.4, 0.5) is 0 Å². The second kappa shape index (κ2) is 14.4. The van der Waals surface area contributed by atoms with Crippen LogP contribution in [-0.2, 0) is 11.8 Å². The molecule has 0 spiro atoms. The molecule has 0 amide bonds. The Morgan fingerprint density at radius 1 is 0.897 bits per heavy atom. The number of thioether (sulfide) groups is 1. The first-order chi connectivity index (χ1) is 13.8. The molecule has 0 fully saturated rings. The van der Waals surface area contributed by atoms with Crippen LogP contribution < -0.4 is 0 Å². The van der Waals surface area contributed by atoms with Crippen molar-refractivity contribution in [2.75, 3.05) is 5.75 Å². The van der Waals surface area contributed by atoms with E-state index in [2.05, 4.69) is 59.4 Å². The van der Waals surface area contributed by atoms with Crippen molar-refractivity contribution in [1.82, 2.24) is 0 Å². The zero-order valence-electron chi connectivity index (χ0n) is 20.3. The number of unbranched alkanes of at least 4 members (excludes halogenated alkanes) is 9. The summed E-state index contributed by atoms with van der Waals surface area (Å²) in [4.78, 5) is 0. The Morgan fingerprint density at radius 3 is 2.00 bits per heavy atom. The quantitative estimate of drug-likeness (QED) is 0.286. The van der Waals surface area contributed by atoms with E-state index in [1.54, 1.807) is 0 Å². The molecule has 1 N–H and O–H groups in total. The minimum Gasteiger partial charge on any atom is -0.508 e. The molecule has 1 nitrogen and oxygen atoms in total. The SMILES string of the molecule is CCCCCCCCCCCCSC(C)CCc1cc(C(C)(C)C)c(O)cc1C. The van der Waals surface area contributed by atoms with E-state index in [-0.39, 0.29) is 5.41 Å². The Labute approximate surface area is 186 Å². The molecule has 0 bridgehead atoms. The number of rotatable bonds is 15. The van der Waals surface area contributed by atoms with Crippen molar-refractivity contribution < 1.29 is 5.11 Å². The first-order valence-electron chi connectivity index (χ1n) is 12.2. The summed E-state index contributed by atoms with van der Waals surface area (Å²) in [5.74, 6) is 1.75. The number of phenolic OH excluding ortho intramolecular Hbond substituents is 1. The van der Waals surface area contributed by atoms with E-state index in [0.717, 1.165) is 12.0 Å². The Bertz CT molecular complexity index is 558. The molecular weight excluding hydrogens is 372 g/mol. The maximum Gasteiger partial charge on any atom is 0.119 e. The minimum absolute atomic E-state index is 0.0115. The number of phenols is 1. The van der Waals surface area contributed by atoms with E-state index >= 15 is 0 Å². The average Bonchev–Trinajstić information content (AvgIpc) is 2.64. The van der Waals surface area contributed by atoms with Crippen LogP contribution >= 0.6 is 11.8 Å². The van der Waals surface area contributed by atoms with Crippen molar-refractivity contribution in [2.24, 2.45) is 0 Å². The maximum atomic E-state index is 10.3. The van der Waals surface area contributed by atoms with Crippen LogP contribution in [0.2, 0.25) is 0 Å². The molecule has 29 heavy (non-hydrogen) atoms. The second-order valence-corrected chi connectivity index (χ2v) is 11.5. The molecule has 2 heteroatoms. The summed E-state index contributed by atoms with van der Waals surface area (Å²) in [5, 5.41) is 11.0. The molecule has 168 valence electrons. The van der Waals surface area contributed by atoms with Crippen molar-refractivity contribution in [2.45, 2.75) is 129 Å². The Balaban J connectivity index is 2.18. The highest BCUT2D eigenvalue weighted by molar-refractivity contribution is 7.99. The van der Waals surface area contributed by atoms with Crippen LogP contribution in [0, 0.1) is 6.92 Å². The molecule has 1 aromatic rings. The van der Waals surface area contributed by atoms with Gasteiger partial charge in [-0.05, 0) is 60.1 Å². The summed E-state index contributed by atoms with van der Waals surface area (Å²) in [6.45, 7) is 13.3. The smallest absolute Gasteiger partial charge is 0.119 e. The normalized spacial score (nSPS) is 13.0. The third kappa shape index (κ3) is 11.4. The molecule has 1 atom stereocenters. The number of benzene rings is 1. The summed E-state index contributed by atoms with van der Waals surface area (Å²) in [6.07, 6.45) is 16.5. The first kappa shape index (κ1) is 26.4. The van der Waals surface area contributed by atoms with Gasteiger partial charge in [0.05, 0.1) is 0 Å². The third-order valence-electron chi connectivity index (χ3n) is 5.98. The highest BCUT2D eigenvalue weighted by Gasteiger charge is 2.19. The van der Waals surface area contributed by atoms with Crippen molar-refractivity contribution in [3.05, 3.63) is 28.8 Å². The lowest BCUT2D eigenvalue weighted by atomic mass is 9.84. The van der Waals surface area contributed by atoms with Gasteiger partial charge in [0.15, 0.2) is 0 Å². The van der Waals surface area contributed by atoms with Gasteiger partial charge in [-0.2, -0.15) is 11.8 Å². The molecule has 0 heterocycles. The predicted octanol–water partition coefficient (Wildman–Crippen LogP) is 8.97. The van der Waals surface area contributed by atoms with Gasteiger partial charge in [0.2, 0.25) is 0 Å². The molecule has 0 saturated heterocycles. The third-order valence-corrected chi connectivity index (χ3v) is 7.31. The van der Waals surface area contributed by atoms with Crippen molar-refractivity contribution in [1.29, 1.82) is 0 Å². The number of hydrogen-bond donors (Lipinski definition) is 1. The predicted molar refractivity (Wildman–Crippen MR) is 134 cm³/mol. The molecule has 0 aromatic heterocycles. The van der Waals surface area contributed by atoms with Crippen LogP contribution in [0.25, 0.3) is 0 Å². The standard InChI is InChI=1S/C27H48OS/c1-7-8-9-10-11-12-13-14-15-16-19-29-23(3)17-18-24-21-25(27(4,5)6)26(28)20-22(24)2/h20-21,23,28H,7-19H2,1-6H3. The molecule has 1 unspecified atom stereocenters. The van der Waals surface area contributed by atoms with Gasteiger partial charge in [-0.15, -0.1) is 0 Å². The van der Waals surface area contributed by atoms with Gasteiger partial charge < -0.3 is 5.11 Å². The summed E-state index contributed by atoms with van der Waals surface area (Å²) in [6, 6.07) is 4.20. The van der Waals surface area contributed by atoms with Crippen LogP contribution in [0.1, 0.15) is 122 Å². The number of aromatic hydroxyl groups is 1. The lowest BCUT2D eigenvalue weighted by Gasteiger charge is -2.23. The zero-order chi connectivity index (χ0) is 21.7. The van der Waals surface area contributed by atoms with Crippen molar-refractivity contribution in [3.8, 4) is 5.75 Å². The highest BCUT2D eigenvalue weighted by Crippen LogP contribution is 2.33. The first-order valence-corrected chi connectivity index (χ1v) is 13.2. The fraction of sp³-hybridized carbons (Fsp3) is 0.778. The molecule has 1 rings (SSSR count). The van der Waals surface area contributed by atoms with Crippen molar-refractivity contribution >= 4 is 11.8 Å². The number of hydrogen-bond acceptors (Lipinski definition) is 2. The second-order valence-electron chi connectivity index (χ2n) is 9.95. The van der Waals surface area contributed by atoms with Gasteiger partial charge in [-0.3, -0.25) is 0 Å². The Hall–Kier alpha value is -0.630. The van der Waals surface area contributed by atoms with Gasteiger partial charge in [-0.25, -0.2) is 0 Å². The lowest BCUT2D eigenvalue weighted by Crippen LogP contribution is -2.12. The van der Waals surface area contributed by atoms with E-state index in [1.807, 2.05) is 6.07 Å².